The van der Waals surface area contributed by atoms with Gasteiger partial charge >= 0.3 is 5.97 Å². The van der Waals surface area contributed by atoms with Crippen LogP contribution in [0.4, 0.5) is 0 Å². The predicted molar refractivity (Wildman–Crippen MR) is 150 cm³/mol. The number of phenolic OH excluding ortho intramolecular Hbond substituents is 2. The van der Waals surface area contributed by atoms with Crippen LogP contribution in [0.3, 0.4) is 0 Å². The van der Waals surface area contributed by atoms with Gasteiger partial charge in [-0.1, -0.05) is 0 Å². The minimum Gasteiger partial charge on any atom is -0.508 e. The molecule has 2 aliphatic heterocycles. The van der Waals surface area contributed by atoms with E-state index in [2.05, 4.69) is 0 Å². The maximum atomic E-state index is 13.8. The SMILES string of the molecule is CC(=O)OCC1O[C@@H](Oc2c(-c3ccc(O)cc3)oc3cc(O[C@@H]4OC(CO)[C@@H](O)[C@H](O)C4O)cc(O)c3c2=O)C(O)C(O)[C@@H]1O. The quantitative estimate of drug-likeness (QED) is 0.117. The minimum absolute atomic E-state index is 0.140. The van der Waals surface area contributed by atoms with Crippen molar-refractivity contribution in [3.05, 3.63) is 46.6 Å². The molecular weight excluding hydrogens is 620 g/mol. The fourth-order valence-corrected chi connectivity index (χ4v) is 5.00. The lowest BCUT2D eigenvalue weighted by Gasteiger charge is -2.39. The monoisotopic (exact) mass is 652 g/mol. The second-order valence-corrected chi connectivity index (χ2v) is 10.7. The van der Waals surface area contributed by atoms with Crippen molar-refractivity contribution >= 4 is 16.9 Å². The van der Waals surface area contributed by atoms with E-state index in [-0.39, 0.29) is 28.4 Å². The molecule has 3 heterocycles. The van der Waals surface area contributed by atoms with E-state index in [0.29, 0.717) is 0 Å². The summed E-state index contributed by atoms with van der Waals surface area (Å²) in [5.74, 6) is -2.76. The molecule has 1 aromatic heterocycles. The first kappa shape index (κ1) is 33.3. The first-order valence-electron chi connectivity index (χ1n) is 13.9. The Labute approximate surface area is 258 Å². The van der Waals surface area contributed by atoms with Crippen LogP contribution in [0, 0.1) is 0 Å². The number of ether oxygens (including phenoxy) is 5. The largest absolute Gasteiger partial charge is 0.508 e. The van der Waals surface area contributed by atoms with Crippen LogP contribution < -0.4 is 14.9 Å². The molecule has 3 aromatic rings. The van der Waals surface area contributed by atoms with Gasteiger partial charge in [-0.3, -0.25) is 9.59 Å². The van der Waals surface area contributed by atoms with Gasteiger partial charge in [0.25, 0.3) is 0 Å². The highest BCUT2D eigenvalue weighted by atomic mass is 16.7. The third-order valence-electron chi connectivity index (χ3n) is 7.49. The van der Waals surface area contributed by atoms with Gasteiger partial charge in [-0.15, -0.1) is 0 Å². The van der Waals surface area contributed by atoms with Crippen molar-refractivity contribution in [1.82, 2.24) is 0 Å². The molecule has 46 heavy (non-hydrogen) atoms. The molecular formula is C29H32O17. The zero-order chi connectivity index (χ0) is 33.4. The molecule has 250 valence electrons. The second kappa shape index (κ2) is 13.4. The second-order valence-electron chi connectivity index (χ2n) is 10.7. The number of benzene rings is 2. The number of aliphatic hydroxyl groups is 7. The van der Waals surface area contributed by atoms with Gasteiger partial charge in [0.15, 0.2) is 5.76 Å². The molecule has 0 amide bonds. The Kier molecular flexibility index (Phi) is 9.68. The third-order valence-corrected chi connectivity index (χ3v) is 7.49. The Morgan fingerprint density at radius 1 is 0.804 bits per heavy atom. The van der Waals surface area contributed by atoms with Gasteiger partial charge in [0.1, 0.15) is 83.7 Å². The minimum atomic E-state index is -1.92. The van der Waals surface area contributed by atoms with Gasteiger partial charge in [0.05, 0.1) is 6.61 Å². The Bertz CT molecular complexity index is 1600. The Morgan fingerprint density at radius 2 is 1.39 bits per heavy atom. The molecule has 5 rings (SSSR count). The van der Waals surface area contributed by atoms with Crippen molar-refractivity contribution in [3.8, 4) is 34.3 Å². The number of fused-ring (bicyclic) bond motifs is 1. The maximum absolute atomic E-state index is 13.8. The summed E-state index contributed by atoms with van der Waals surface area (Å²) in [5, 5.41) is 91.5. The molecule has 10 atom stereocenters. The fraction of sp³-hybridized carbons (Fsp3) is 0.448. The van der Waals surface area contributed by atoms with Crippen LogP contribution in [0.5, 0.6) is 23.0 Å². The highest BCUT2D eigenvalue weighted by molar-refractivity contribution is 5.88. The number of aromatic hydroxyl groups is 2. The lowest BCUT2D eigenvalue weighted by molar-refractivity contribution is -0.278. The van der Waals surface area contributed by atoms with E-state index in [1.165, 1.54) is 24.3 Å². The summed E-state index contributed by atoms with van der Waals surface area (Å²) in [5.41, 5.74) is -1.16. The van der Waals surface area contributed by atoms with E-state index in [1.54, 1.807) is 0 Å². The van der Waals surface area contributed by atoms with Crippen molar-refractivity contribution in [3.63, 3.8) is 0 Å². The Hall–Kier alpha value is -4.04. The number of hydrogen-bond acceptors (Lipinski definition) is 17. The van der Waals surface area contributed by atoms with Gasteiger partial charge in [-0.2, -0.15) is 0 Å². The number of rotatable bonds is 8. The average Bonchev–Trinajstić information content (AvgIpc) is 3.02. The van der Waals surface area contributed by atoms with Crippen LogP contribution >= 0.6 is 0 Å². The molecule has 17 nitrogen and oxygen atoms in total. The average molecular weight is 653 g/mol. The van der Waals surface area contributed by atoms with Crippen LogP contribution in [0.2, 0.25) is 0 Å². The summed E-state index contributed by atoms with van der Waals surface area (Å²) in [4.78, 5) is 25.1. The van der Waals surface area contributed by atoms with Gasteiger partial charge < -0.3 is 74.1 Å². The molecule has 0 bridgehead atoms. The number of aliphatic hydroxyl groups excluding tert-OH is 7. The fourth-order valence-electron chi connectivity index (χ4n) is 5.00. The molecule has 2 saturated heterocycles. The van der Waals surface area contributed by atoms with Crippen molar-refractivity contribution in [2.75, 3.05) is 13.2 Å². The van der Waals surface area contributed by atoms with Gasteiger partial charge in [0.2, 0.25) is 23.8 Å². The van der Waals surface area contributed by atoms with Gasteiger partial charge in [-0.25, -0.2) is 0 Å². The van der Waals surface area contributed by atoms with Crippen LogP contribution in [0.1, 0.15) is 6.92 Å². The summed E-state index contributed by atoms with van der Waals surface area (Å²) in [6, 6.07) is 7.31. The topological polar surface area (TPSA) is 275 Å². The molecule has 2 fully saturated rings. The van der Waals surface area contributed by atoms with E-state index in [4.69, 9.17) is 28.1 Å². The van der Waals surface area contributed by atoms with E-state index >= 15 is 0 Å². The maximum Gasteiger partial charge on any atom is 0.302 e. The lowest BCUT2D eigenvalue weighted by Crippen LogP contribution is -2.60. The highest BCUT2D eigenvalue weighted by Crippen LogP contribution is 2.38. The summed E-state index contributed by atoms with van der Waals surface area (Å²) in [7, 11) is 0. The molecule has 17 heteroatoms. The molecule has 2 aromatic carbocycles. The zero-order valence-corrected chi connectivity index (χ0v) is 23.9. The molecule has 9 N–H and O–H groups in total. The standard InChI is InChI=1S/C29H32O17/c1-10(31)41-9-17-20(35)23(38)25(40)29(45-17)46-27-21(36)18-14(33)6-13(42-28-24(39)22(37)19(34)16(8-30)44-28)7-15(18)43-26(27)11-2-4-12(32)5-3-11/h2-7,16-17,19-20,22-25,28-30,32-35,37-40H,8-9H2,1H3/t16?,17?,19-,20-,22+,23?,24?,25?,28-,29+/m1/s1. The normalized spacial score (nSPS) is 31.4. The van der Waals surface area contributed by atoms with E-state index in [0.717, 1.165) is 19.1 Å². The number of carbonyl (C=O) groups excluding carboxylic acids is 1. The Morgan fingerprint density at radius 3 is 2.00 bits per heavy atom. The smallest absolute Gasteiger partial charge is 0.302 e. The van der Waals surface area contributed by atoms with Crippen molar-refractivity contribution in [1.29, 1.82) is 0 Å². The lowest BCUT2D eigenvalue weighted by atomic mass is 9.99. The molecule has 0 saturated carbocycles. The van der Waals surface area contributed by atoms with Gasteiger partial charge in [0, 0.05) is 24.6 Å². The molecule has 0 spiro atoms. The molecule has 5 unspecified atom stereocenters. The van der Waals surface area contributed by atoms with Crippen LogP contribution in [-0.4, -0.2) is 127 Å². The number of phenols is 2. The predicted octanol–water partition coefficient (Wildman–Crippen LogP) is -2.20. The van der Waals surface area contributed by atoms with Crippen molar-refractivity contribution in [2.24, 2.45) is 0 Å². The summed E-state index contributed by atoms with van der Waals surface area (Å²) >= 11 is 0. The number of esters is 1. The molecule has 2 aliphatic rings. The summed E-state index contributed by atoms with van der Waals surface area (Å²) in [6.07, 6.45) is -16.8. The third kappa shape index (κ3) is 6.45. The van der Waals surface area contributed by atoms with Crippen LogP contribution in [0.25, 0.3) is 22.3 Å². The zero-order valence-electron chi connectivity index (χ0n) is 23.9. The molecule has 0 radical (unpaired) electrons. The van der Waals surface area contributed by atoms with E-state index < -0.39 is 103 Å². The first-order chi connectivity index (χ1) is 21.8. The number of hydrogen-bond donors (Lipinski definition) is 9. The van der Waals surface area contributed by atoms with E-state index in [9.17, 15) is 55.5 Å². The van der Waals surface area contributed by atoms with Crippen LogP contribution in [0.15, 0.2) is 45.6 Å². The highest BCUT2D eigenvalue weighted by Gasteiger charge is 2.47. The Balaban J connectivity index is 1.55. The number of carbonyl (C=O) groups is 1. The van der Waals surface area contributed by atoms with Crippen molar-refractivity contribution < 1.29 is 78.9 Å². The molecule has 0 aliphatic carbocycles. The summed E-state index contributed by atoms with van der Waals surface area (Å²) < 4.78 is 33.0. The van der Waals surface area contributed by atoms with E-state index in [1.807, 2.05) is 0 Å². The van der Waals surface area contributed by atoms with Crippen molar-refractivity contribution in [2.45, 2.75) is 68.3 Å². The van der Waals surface area contributed by atoms with Crippen LogP contribution in [-0.2, 0) is 19.0 Å². The summed E-state index contributed by atoms with van der Waals surface area (Å²) in [6.45, 7) is -0.151. The van der Waals surface area contributed by atoms with Gasteiger partial charge in [-0.05, 0) is 24.3 Å². The first-order valence-corrected chi connectivity index (χ1v) is 13.9.